The minimum Gasteiger partial charge on any atom is -0.309 e. The molecule has 15 heavy (non-hydrogen) atoms. The van der Waals surface area contributed by atoms with Gasteiger partial charge in [-0.15, -0.1) is 11.3 Å². The van der Waals surface area contributed by atoms with Gasteiger partial charge in [0.15, 0.2) is 0 Å². The Balaban J connectivity index is 2.22. The van der Waals surface area contributed by atoms with E-state index >= 15 is 0 Å². The van der Waals surface area contributed by atoms with Crippen LogP contribution in [0, 0.1) is 0 Å². The normalized spacial score (nSPS) is 15.1. The summed E-state index contributed by atoms with van der Waals surface area (Å²) in [6.45, 7) is 2.96. The predicted molar refractivity (Wildman–Crippen MR) is 69.2 cm³/mol. The number of hydrogen-bond acceptors (Lipinski definition) is 3. The number of hydrogen-bond donors (Lipinski definition) is 1. The maximum atomic E-state index is 10.9. The van der Waals surface area contributed by atoms with Crippen LogP contribution in [-0.2, 0) is 17.3 Å². The van der Waals surface area contributed by atoms with Crippen LogP contribution < -0.4 is 5.32 Å². The van der Waals surface area contributed by atoms with E-state index in [0.717, 1.165) is 23.1 Å². The van der Waals surface area contributed by atoms with E-state index in [1.54, 1.807) is 17.6 Å². The van der Waals surface area contributed by atoms with Crippen molar-refractivity contribution < 1.29 is 4.21 Å². The zero-order chi connectivity index (χ0) is 11.3. The average molecular weight is 266 g/mol. The van der Waals surface area contributed by atoms with Crippen molar-refractivity contribution in [3.8, 4) is 0 Å². The zero-order valence-electron chi connectivity index (χ0n) is 8.96. The third-order valence-corrected chi connectivity index (χ3v) is 4.13. The molecule has 1 aromatic rings. The average Bonchev–Trinajstić information content (AvgIpc) is 2.58. The first kappa shape index (κ1) is 13.2. The minimum atomic E-state index is -0.689. The maximum absolute atomic E-state index is 10.9. The van der Waals surface area contributed by atoms with E-state index in [4.69, 9.17) is 11.6 Å². The Hall–Kier alpha value is 0.1000. The third-order valence-electron chi connectivity index (χ3n) is 2.09. The quantitative estimate of drug-likeness (QED) is 0.857. The molecule has 0 bridgehead atoms. The van der Waals surface area contributed by atoms with Crippen molar-refractivity contribution in [2.45, 2.75) is 25.9 Å². The highest BCUT2D eigenvalue weighted by Gasteiger charge is 2.04. The van der Waals surface area contributed by atoms with Gasteiger partial charge in [0.25, 0.3) is 0 Å². The summed E-state index contributed by atoms with van der Waals surface area (Å²) >= 11 is 7.43. The van der Waals surface area contributed by atoms with Gasteiger partial charge < -0.3 is 5.32 Å². The van der Waals surface area contributed by atoms with Gasteiger partial charge in [-0.2, -0.15) is 0 Å². The SMILES string of the molecule is CC(CCS(C)=O)NCc1ccc(Cl)s1. The Bertz CT molecular complexity index is 327. The molecule has 1 rings (SSSR count). The van der Waals surface area contributed by atoms with E-state index in [2.05, 4.69) is 12.2 Å². The molecular weight excluding hydrogens is 250 g/mol. The molecule has 0 radical (unpaired) electrons. The van der Waals surface area contributed by atoms with E-state index in [1.807, 2.05) is 12.1 Å². The molecule has 0 aliphatic rings. The highest BCUT2D eigenvalue weighted by atomic mass is 35.5. The molecule has 2 unspecified atom stereocenters. The molecule has 86 valence electrons. The summed E-state index contributed by atoms with van der Waals surface area (Å²) in [4.78, 5) is 1.24. The Morgan fingerprint density at radius 1 is 1.60 bits per heavy atom. The van der Waals surface area contributed by atoms with E-state index in [1.165, 1.54) is 4.88 Å². The highest BCUT2D eigenvalue weighted by Crippen LogP contribution is 2.21. The van der Waals surface area contributed by atoms with Crippen molar-refractivity contribution in [1.82, 2.24) is 5.32 Å². The molecular formula is C10H16ClNOS2. The van der Waals surface area contributed by atoms with Crippen molar-refractivity contribution in [3.05, 3.63) is 21.3 Å². The van der Waals surface area contributed by atoms with Gasteiger partial charge in [-0.05, 0) is 25.5 Å². The molecule has 0 saturated heterocycles. The molecule has 0 spiro atoms. The smallest absolute Gasteiger partial charge is 0.0931 e. The molecule has 2 atom stereocenters. The van der Waals surface area contributed by atoms with Crippen molar-refractivity contribution in [3.63, 3.8) is 0 Å². The van der Waals surface area contributed by atoms with Crippen molar-refractivity contribution >= 4 is 33.7 Å². The van der Waals surface area contributed by atoms with Crippen LogP contribution in [0.15, 0.2) is 12.1 Å². The van der Waals surface area contributed by atoms with Crippen LogP contribution in [0.3, 0.4) is 0 Å². The van der Waals surface area contributed by atoms with Gasteiger partial charge in [0, 0.05) is 40.3 Å². The van der Waals surface area contributed by atoms with Crippen LogP contribution in [0.1, 0.15) is 18.2 Å². The second kappa shape index (κ2) is 6.63. The first-order chi connectivity index (χ1) is 7.08. The Morgan fingerprint density at radius 2 is 2.33 bits per heavy atom. The fourth-order valence-electron chi connectivity index (χ4n) is 1.17. The lowest BCUT2D eigenvalue weighted by molar-refractivity contribution is 0.538. The Morgan fingerprint density at radius 3 is 2.87 bits per heavy atom. The molecule has 0 aromatic carbocycles. The summed E-state index contributed by atoms with van der Waals surface area (Å²) in [6, 6.07) is 4.34. The number of rotatable bonds is 6. The maximum Gasteiger partial charge on any atom is 0.0931 e. The van der Waals surface area contributed by atoms with Crippen LogP contribution in [0.4, 0.5) is 0 Å². The van der Waals surface area contributed by atoms with Gasteiger partial charge in [-0.1, -0.05) is 11.6 Å². The minimum absolute atomic E-state index is 0.398. The standard InChI is InChI=1S/C10H16ClNOS2/c1-8(5-6-15(2)13)12-7-9-3-4-10(11)14-9/h3-4,8,12H,5-7H2,1-2H3. The van der Waals surface area contributed by atoms with Crippen LogP contribution in [-0.4, -0.2) is 22.3 Å². The summed E-state index contributed by atoms with van der Waals surface area (Å²) in [5.41, 5.74) is 0. The molecule has 1 N–H and O–H groups in total. The molecule has 0 fully saturated rings. The summed E-state index contributed by atoms with van der Waals surface area (Å²) in [7, 11) is -0.689. The largest absolute Gasteiger partial charge is 0.309 e. The second-order valence-electron chi connectivity index (χ2n) is 3.55. The van der Waals surface area contributed by atoms with Gasteiger partial charge in [-0.3, -0.25) is 4.21 Å². The number of nitrogens with one attached hydrogen (secondary N) is 1. The van der Waals surface area contributed by atoms with Crippen LogP contribution in [0.2, 0.25) is 4.34 Å². The molecule has 0 aliphatic carbocycles. The van der Waals surface area contributed by atoms with E-state index in [0.29, 0.717) is 6.04 Å². The molecule has 0 amide bonds. The monoisotopic (exact) mass is 265 g/mol. The fourth-order valence-corrected chi connectivity index (χ4v) is 2.89. The van der Waals surface area contributed by atoms with Crippen LogP contribution in [0.5, 0.6) is 0 Å². The molecule has 1 heterocycles. The summed E-state index contributed by atoms with van der Waals surface area (Å²) < 4.78 is 11.7. The molecule has 2 nitrogen and oxygen atoms in total. The van der Waals surface area contributed by atoms with E-state index < -0.39 is 10.8 Å². The fraction of sp³-hybridized carbons (Fsp3) is 0.600. The van der Waals surface area contributed by atoms with Gasteiger partial charge in [0.1, 0.15) is 0 Å². The van der Waals surface area contributed by atoms with Crippen molar-refractivity contribution in [2.75, 3.05) is 12.0 Å². The molecule has 5 heteroatoms. The van der Waals surface area contributed by atoms with E-state index in [-0.39, 0.29) is 0 Å². The Kier molecular flexibility index (Phi) is 5.82. The lowest BCUT2D eigenvalue weighted by Crippen LogP contribution is -2.26. The summed E-state index contributed by atoms with van der Waals surface area (Å²) in [6.07, 6.45) is 2.69. The molecule has 0 saturated carbocycles. The number of halogens is 1. The zero-order valence-corrected chi connectivity index (χ0v) is 11.3. The molecule has 0 aliphatic heterocycles. The van der Waals surface area contributed by atoms with Gasteiger partial charge in [0.2, 0.25) is 0 Å². The first-order valence-corrected chi connectivity index (χ1v) is 7.77. The van der Waals surface area contributed by atoms with Crippen molar-refractivity contribution in [1.29, 1.82) is 0 Å². The number of thiophene rings is 1. The topological polar surface area (TPSA) is 29.1 Å². The molecule has 1 aromatic heterocycles. The van der Waals surface area contributed by atoms with Crippen LogP contribution in [0.25, 0.3) is 0 Å². The Labute approximate surface area is 102 Å². The van der Waals surface area contributed by atoms with E-state index in [9.17, 15) is 4.21 Å². The van der Waals surface area contributed by atoms with Crippen LogP contribution >= 0.6 is 22.9 Å². The second-order valence-corrected chi connectivity index (χ2v) is 6.91. The van der Waals surface area contributed by atoms with Gasteiger partial charge >= 0.3 is 0 Å². The van der Waals surface area contributed by atoms with Gasteiger partial charge in [0.05, 0.1) is 4.34 Å². The lowest BCUT2D eigenvalue weighted by atomic mass is 10.2. The third kappa shape index (κ3) is 5.66. The van der Waals surface area contributed by atoms with Crippen molar-refractivity contribution in [2.24, 2.45) is 0 Å². The summed E-state index contributed by atoms with van der Waals surface area (Å²) in [5.74, 6) is 0.763. The summed E-state index contributed by atoms with van der Waals surface area (Å²) in [5, 5.41) is 3.38. The lowest BCUT2D eigenvalue weighted by Gasteiger charge is -2.11. The predicted octanol–water partition coefficient (Wildman–Crippen LogP) is 2.65. The highest BCUT2D eigenvalue weighted by molar-refractivity contribution is 7.84. The van der Waals surface area contributed by atoms with Gasteiger partial charge in [-0.25, -0.2) is 0 Å². The first-order valence-electron chi connectivity index (χ1n) is 4.85.